The Bertz CT molecular complexity index is 1240. The van der Waals surface area contributed by atoms with E-state index < -0.39 is 0 Å². The quantitative estimate of drug-likeness (QED) is 0.314. The third-order valence-electron chi connectivity index (χ3n) is 6.74. The first-order chi connectivity index (χ1) is 17.8. The summed E-state index contributed by atoms with van der Waals surface area (Å²) in [5, 5.41) is 3.13. The molecule has 1 aliphatic heterocycles. The van der Waals surface area contributed by atoms with Crippen LogP contribution in [0.25, 0.3) is 0 Å². The molecule has 0 aliphatic carbocycles. The number of benzene rings is 3. The lowest BCUT2D eigenvalue weighted by atomic mass is 9.96. The second kappa shape index (κ2) is 12.4. The lowest BCUT2D eigenvalue weighted by molar-refractivity contribution is -0.132. The van der Waals surface area contributed by atoms with Crippen molar-refractivity contribution in [1.82, 2.24) is 10.2 Å². The normalized spacial score (nSPS) is 13.6. The van der Waals surface area contributed by atoms with E-state index in [2.05, 4.69) is 65.4 Å². The van der Waals surface area contributed by atoms with Crippen molar-refractivity contribution in [3.63, 3.8) is 0 Å². The van der Waals surface area contributed by atoms with Gasteiger partial charge in [0.2, 0.25) is 11.8 Å². The molecule has 3 aromatic rings. The van der Waals surface area contributed by atoms with Gasteiger partial charge in [-0.1, -0.05) is 63.5 Å². The Morgan fingerprint density at radius 2 is 1.73 bits per heavy atom. The fourth-order valence-electron chi connectivity index (χ4n) is 4.86. The van der Waals surface area contributed by atoms with Crippen LogP contribution in [0.15, 0.2) is 65.1 Å². The molecule has 1 heterocycles. The highest BCUT2D eigenvalue weighted by Gasteiger charge is 2.21. The van der Waals surface area contributed by atoms with Crippen molar-refractivity contribution in [3.8, 4) is 5.75 Å². The zero-order chi connectivity index (χ0) is 26.4. The van der Waals surface area contributed by atoms with E-state index in [1.165, 1.54) is 16.7 Å². The minimum atomic E-state index is -0.0513. The summed E-state index contributed by atoms with van der Waals surface area (Å²) >= 11 is 3.41. The van der Waals surface area contributed by atoms with Crippen molar-refractivity contribution in [3.05, 3.63) is 98.5 Å². The van der Waals surface area contributed by atoms with E-state index in [1.54, 1.807) is 0 Å². The molecule has 0 saturated heterocycles. The van der Waals surface area contributed by atoms with Crippen LogP contribution in [0.4, 0.5) is 0 Å². The molecule has 3 aromatic carbocycles. The van der Waals surface area contributed by atoms with Crippen molar-refractivity contribution in [2.24, 2.45) is 0 Å². The third kappa shape index (κ3) is 7.68. The van der Waals surface area contributed by atoms with Crippen LogP contribution >= 0.6 is 15.9 Å². The highest BCUT2D eigenvalue weighted by molar-refractivity contribution is 9.10. The van der Waals surface area contributed by atoms with Gasteiger partial charge in [0.15, 0.2) is 0 Å². The van der Waals surface area contributed by atoms with E-state index in [4.69, 9.17) is 4.74 Å². The monoisotopic (exact) mass is 562 g/mol. The van der Waals surface area contributed by atoms with Gasteiger partial charge in [-0.3, -0.25) is 9.59 Å². The number of amides is 2. The standard InChI is InChI=1S/C31H35BrN2O3/c1-21-15-22(2)17-26(16-21)23(3)33-30(35)19-24-6-7-25-12-13-34(20-27(25)18-24)31(36)5-4-14-37-29-10-8-28(32)9-11-29/h6-11,15-18,23H,4-5,12-14,19-20H2,1-3H3,(H,33,35)/t23-/m1/s1. The van der Waals surface area contributed by atoms with Crippen molar-refractivity contribution < 1.29 is 14.3 Å². The predicted octanol–water partition coefficient (Wildman–Crippen LogP) is 6.23. The van der Waals surface area contributed by atoms with Gasteiger partial charge >= 0.3 is 0 Å². The van der Waals surface area contributed by atoms with Gasteiger partial charge in [-0.2, -0.15) is 0 Å². The number of carbonyl (C=O) groups is 2. The maximum absolute atomic E-state index is 12.8. The van der Waals surface area contributed by atoms with Crippen LogP contribution in [-0.4, -0.2) is 29.9 Å². The number of ether oxygens (including phenoxy) is 1. The van der Waals surface area contributed by atoms with Crippen molar-refractivity contribution in [2.75, 3.05) is 13.2 Å². The number of fused-ring (bicyclic) bond motifs is 1. The molecule has 194 valence electrons. The minimum absolute atomic E-state index is 0.00104. The second-order valence-corrected chi connectivity index (χ2v) is 10.9. The molecule has 0 radical (unpaired) electrons. The van der Waals surface area contributed by atoms with Crippen LogP contribution in [0.1, 0.15) is 59.2 Å². The van der Waals surface area contributed by atoms with E-state index in [9.17, 15) is 9.59 Å². The number of halogens is 1. The van der Waals surface area contributed by atoms with Crippen molar-refractivity contribution in [2.45, 2.75) is 59.0 Å². The maximum Gasteiger partial charge on any atom is 0.224 e. The van der Waals surface area contributed by atoms with Gasteiger partial charge in [0.1, 0.15) is 5.75 Å². The van der Waals surface area contributed by atoms with E-state index in [0.29, 0.717) is 32.4 Å². The zero-order valence-electron chi connectivity index (χ0n) is 21.9. The SMILES string of the molecule is Cc1cc(C)cc([C@@H](C)NC(=O)Cc2ccc3c(c2)CN(C(=O)CCCOc2ccc(Br)cc2)CC3)c1. The average Bonchev–Trinajstić information content (AvgIpc) is 2.86. The molecule has 6 heteroatoms. The molecule has 37 heavy (non-hydrogen) atoms. The largest absolute Gasteiger partial charge is 0.494 e. The topological polar surface area (TPSA) is 58.6 Å². The molecule has 0 saturated carbocycles. The predicted molar refractivity (Wildman–Crippen MR) is 151 cm³/mol. The number of aryl methyl sites for hydroxylation is 2. The highest BCUT2D eigenvalue weighted by Crippen LogP contribution is 2.23. The molecule has 0 bridgehead atoms. The van der Waals surface area contributed by atoms with Gasteiger partial charge in [-0.05, 0) is 80.1 Å². The Hall–Kier alpha value is -3.12. The van der Waals surface area contributed by atoms with E-state index in [0.717, 1.165) is 39.9 Å². The summed E-state index contributed by atoms with van der Waals surface area (Å²) in [6.07, 6.45) is 2.30. The first-order valence-electron chi connectivity index (χ1n) is 12.9. The van der Waals surface area contributed by atoms with E-state index >= 15 is 0 Å². The van der Waals surface area contributed by atoms with Gasteiger partial charge in [0, 0.05) is 24.0 Å². The molecule has 0 aromatic heterocycles. The molecule has 0 fully saturated rings. The number of hydrogen-bond donors (Lipinski definition) is 1. The summed E-state index contributed by atoms with van der Waals surface area (Å²) in [5.41, 5.74) is 6.88. The Kier molecular flexibility index (Phi) is 9.04. The lowest BCUT2D eigenvalue weighted by Gasteiger charge is -2.29. The Balaban J connectivity index is 1.27. The van der Waals surface area contributed by atoms with Crippen LogP contribution in [0.2, 0.25) is 0 Å². The molecule has 4 rings (SSSR count). The number of nitrogens with one attached hydrogen (secondary N) is 1. The Morgan fingerprint density at radius 1 is 1.00 bits per heavy atom. The molecule has 0 spiro atoms. The Morgan fingerprint density at radius 3 is 2.46 bits per heavy atom. The first kappa shape index (κ1) is 26.9. The average molecular weight is 564 g/mol. The first-order valence-corrected chi connectivity index (χ1v) is 13.7. The highest BCUT2D eigenvalue weighted by atomic mass is 79.9. The lowest BCUT2D eigenvalue weighted by Crippen LogP contribution is -2.36. The van der Waals surface area contributed by atoms with Crippen LogP contribution in [0.5, 0.6) is 5.75 Å². The molecule has 1 aliphatic rings. The Labute approximate surface area is 228 Å². The summed E-state index contributed by atoms with van der Waals surface area (Å²) < 4.78 is 6.76. The van der Waals surface area contributed by atoms with Gasteiger partial charge in [-0.15, -0.1) is 0 Å². The van der Waals surface area contributed by atoms with Gasteiger partial charge < -0.3 is 15.0 Å². The number of carbonyl (C=O) groups excluding carboxylic acids is 2. The zero-order valence-corrected chi connectivity index (χ0v) is 23.4. The van der Waals surface area contributed by atoms with Crippen LogP contribution in [-0.2, 0) is 29.0 Å². The fourth-order valence-corrected chi connectivity index (χ4v) is 5.12. The molecule has 1 atom stereocenters. The van der Waals surface area contributed by atoms with Gasteiger partial charge in [0.05, 0.1) is 19.1 Å². The summed E-state index contributed by atoms with van der Waals surface area (Å²) in [6, 6.07) is 20.3. The number of rotatable bonds is 9. The fraction of sp³-hybridized carbons (Fsp3) is 0.355. The minimum Gasteiger partial charge on any atom is -0.494 e. The van der Waals surface area contributed by atoms with Crippen molar-refractivity contribution >= 4 is 27.7 Å². The number of nitrogens with zero attached hydrogens (tertiary/aromatic N) is 1. The smallest absolute Gasteiger partial charge is 0.224 e. The molecule has 5 nitrogen and oxygen atoms in total. The summed E-state index contributed by atoms with van der Waals surface area (Å²) in [4.78, 5) is 27.5. The van der Waals surface area contributed by atoms with Crippen LogP contribution in [0.3, 0.4) is 0 Å². The molecule has 1 N–H and O–H groups in total. The van der Waals surface area contributed by atoms with E-state index in [1.807, 2.05) is 42.2 Å². The molecule has 2 amide bonds. The third-order valence-corrected chi connectivity index (χ3v) is 7.27. The van der Waals surface area contributed by atoms with Crippen LogP contribution in [0, 0.1) is 13.8 Å². The molecular formula is C31H35BrN2O3. The molecule has 0 unspecified atom stereocenters. The molecular weight excluding hydrogens is 528 g/mol. The number of hydrogen-bond acceptors (Lipinski definition) is 3. The second-order valence-electron chi connectivity index (χ2n) is 9.96. The summed E-state index contributed by atoms with van der Waals surface area (Å²) in [6.45, 7) is 8.00. The van der Waals surface area contributed by atoms with Crippen molar-refractivity contribution in [1.29, 1.82) is 0 Å². The van der Waals surface area contributed by atoms with E-state index in [-0.39, 0.29) is 17.9 Å². The van der Waals surface area contributed by atoms with Gasteiger partial charge in [-0.25, -0.2) is 0 Å². The maximum atomic E-state index is 12.8. The summed E-state index contributed by atoms with van der Waals surface area (Å²) in [5.74, 6) is 0.958. The summed E-state index contributed by atoms with van der Waals surface area (Å²) in [7, 11) is 0. The van der Waals surface area contributed by atoms with Crippen LogP contribution < -0.4 is 10.1 Å². The van der Waals surface area contributed by atoms with Gasteiger partial charge in [0.25, 0.3) is 0 Å².